The summed E-state index contributed by atoms with van der Waals surface area (Å²) in [5.41, 5.74) is 7.28. The highest BCUT2D eigenvalue weighted by Gasteiger charge is 2.15. The first-order valence-electron chi connectivity index (χ1n) is 7.85. The molecular formula is C17H27NO2. The van der Waals surface area contributed by atoms with E-state index in [0.29, 0.717) is 6.61 Å². The van der Waals surface area contributed by atoms with Crippen LogP contribution >= 0.6 is 0 Å². The van der Waals surface area contributed by atoms with E-state index in [1.165, 1.54) is 25.7 Å². The third-order valence-corrected chi connectivity index (χ3v) is 3.91. The molecule has 112 valence electrons. The Balaban J connectivity index is 1.72. The van der Waals surface area contributed by atoms with E-state index in [1.54, 1.807) is 0 Å². The average molecular weight is 277 g/mol. The Hall–Kier alpha value is -1.06. The normalized spacial score (nSPS) is 17.3. The molecule has 1 aromatic rings. The van der Waals surface area contributed by atoms with Crippen molar-refractivity contribution in [1.29, 1.82) is 0 Å². The lowest BCUT2D eigenvalue weighted by Crippen LogP contribution is -2.19. The van der Waals surface area contributed by atoms with E-state index >= 15 is 0 Å². The Morgan fingerprint density at radius 3 is 2.55 bits per heavy atom. The minimum atomic E-state index is -0.0448. The summed E-state index contributed by atoms with van der Waals surface area (Å²) in [4.78, 5) is 0. The third kappa shape index (κ3) is 4.80. The predicted molar refractivity (Wildman–Crippen MR) is 81.9 cm³/mol. The number of benzene rings is 1. The van der Waals surface area contributed by atoms with Crippen molar-refractivity contribution in [3.05, 3.63) is 29.8 Å². The fourth-order valence-corrected chi connectivity index (χ4v) is 2.67. The quantitative estimate of drug-likeness (QED) is 0.788. The van der Waals surface area contributed by atoms with Gasteiger partial charge in [-0.1, -0.05) is 31.9 Å². The molecule has 0 saturated heterocycles. The highest BCUT2D eigenvalue weighted by atomic mass is 16.5. The summed E-state index contributed by atoms with van der Waals surface area (Å²) in [5.74, 6) is 1.67. The summed E-state index contributed by atoms with van der Waals surface area (Å²) in [6.45, 7) is 4.33. The van der Waals surface area contributed by atoms with Gasteiger partial charge in [0, 0.05) is 6.61 Å². The molecule has 3 nitrogen and oxygen atoms in total. The number of ether oxygens (including phenoxy) is 2. The molecule has 1 saturated carbocycles. The van der Waals surface area contributed by atoms with Gasteiger partial charge in [0.15, 0.2) is 0 Å². The van der Waals surface area contributed by atoms with Gasteiger partial charge >= 0.3 is 0 Å². The molecule has 2 N–H and O–H groups in total. The molecule has 1 aliphatic rings. The second-order valence-corrected chi connectivity index (χ2v) is 5.71. The van der Waals surface area contributed by atoms with Crippen molar-refractivity contribution >= 4 is 0 Å². The summed E-state index contributed by atoms with van der Waals surface area (Å²) >= 11 is 0. The van der Waals surface area contributed by atoms with Crippen LogP contribution in [-0.2, 0) is 4.74 Å². The standard InChI is InChI=1S/C17H27NO2/c1-2-11-20-16-9-7-15(8-10-16)17(18)13-19-12-14-5-3-4-6-14/h7-10,14,17H,2-6,11-13,18H2,1H3. The fourth-order valence-electron chi connectivity index (χ4n) is 2.67. The number of hydrogen-bond donors (Lipinski definition) is 1. The summed E-state index contributed by atoms with van der Waals surface area (Å²) in [6, 6.07) is 8.00. The Morgan fingerprint density at radius 2 is 1.90 bits per heavy atom. The first-order valence-corrected chi connectivity index (χ1v) is 7.85. The zero-order chi connectivity index (χ0) is 14.2. The van der Waals surface area contributed by atoms with Crippen LogP contribution in [0.3, 0.4) is 0 Å². The van der Waals surface area contributed by atoms with Gasteiger partial charge in [0.2, 0.25) is 0 Å². The molecule has 0 spiro atoms. The number of hydrogen-bond acceptors (Lipinski definition) is 3. The second kappa shape index (κ2) is 8.28. The van der Waals surface area contributed by atoms with Crippen molar-refractivity contribution < 1.29 is 9.47 Å². The smallest absolute Gasteiger partial charge is 0.119 e. The van der Waals surface area contributed by atoms with Crippen molar-refractivity contribution in [2.45, 2.75) is 45.1 Å². The van der Waals surface area contributed by atoms with Crippen molar-refractivity contribution in [2.75, 3.05) is 19.8 Å². The molecule has 0 heterocycles. The molecule has 20 heavy (non-hydrogen) atoms. The molecule has 2 rings (SSSR count). The van der Waals surface area contributed by atoms with Crippen molar-refractivity contribution in [1.82, 2.24) is 0 Å². The van der Waals surface area contributed by atoms with E-state index in [9.17, 15) is 0 Å². The lowest BCUT2D eigenvalue weighted by molar-refractivity contribution is 0.0904. The lowest BCUT2D eigenvalue weighted by Gasteiger charge is -2.15. The Kier molecular flexibility index (Phi) is 6.34. The minimum Gasteiger partial charge on any atom is -0.494 e. The summed E-state index contributed by atoms with van der Waals surface area (Å²) in [5, 5.41) is 0. The van der Waals surface area contributed by atoms with Crippen LogP contribution in [0.4, 0.5) is 0 Å². The SMILES string of the molecule is CCCOc1ccc(C(N)COCC2CCCC2)cc1. The van der Waals surface area contributed by atoms with E-state index in [4.69, 9.17) is 15.2 Å². The molecular weight excluding hydrogens is 250 g/mol. The third-order valence-electron chi connectivity index (χ3n) is 3.91. The van der Waals surface area contributed by atoms with Crippen LogP contribution in [0.2, 0.25) is 0 Å². The van der Waals surface area contributed by atoms with Crippen LogP contribution in [0.5, 0.6) is 5.75 Å². The summed E-state index contributed by atoms with van der Waals surface area (Å²) in [6.07, 6.45) is 6.38. The summed E-state index contributed by atoms with van der Waals surface area (Å²) < 4.78 is 11.3. The Bertz CT molecular complexity index is 371. The Labute approximate surface area is 122 Å². The molecule has 1 aliphatic carbocycles. The van der Waals surface area contributed by atoms with Gasteiger partial charge < -0.3 is 15.2 Å². The molecule has 3 heteroatoms. The van der Waals surface area contributed by atoms with E-state index < -0.39 is 0 Å². The van der Waals surface area contributed by atoms with E-state index in [-0.39, 0.29) is 6.04 Å². The first-order chi connectivity index (χ1) is 9.79. The van der Waals surface area contributed by atoms with Crippen LogP contribution in [0.15, 0.2) is 24.3 Å². The van der Waals surface area contributed by atoms with E-state index in [1.807, 2.05) is 24.3 Å². The van der Waals surface area contributed by atoms with Gasteiger partial charge in [-0.3, -0.25) is 0 Å². The van der Waals surface area contributed by atoms with Crippen molar-refractivity contribution in [2.24, 2.45) is 11.7 Å². The molecule has 0 amide bonds. The Morgan fingerprint density at radius 1 is 1.20 bits per heavy atom. The predicted octanol–water partition coefficient (Wildman–Crippen LogP) is 3.68. The van der Waals surface area contributed by atoms with E-state index in [2.05, 4.69) is 6.92 Å². The molecule has 1 unspecified atom stereocenters. The van der Waals surface area contributed by atoms with Crippen LogP contribution < -0.4 is 10.5 Å². The van der Waals surface area contributed by atoms with Crippen molar-refractivity contribution in [3.63, 3.8) is 0 Å². The maximum Gasteiger partial charge on any atom is 0.119 e. The molecule has 0 radical (unpaired) electrons. The number of rotatable bonds is 8. The van der Waals surface area contributed by atoms with Crippen LogP contribution in [-0.4, -0.2) is 19.8 Å². The van der Waals surface area contributed by atoms with Gasteiger partial charge in [-0.15, -0.1) is 0 Å². The molecule has 1 fully saturated rings. The van der Waals surface area contributed by atoms with Crippen LogP contribution in [0.25, 0.3) is 0 Å². The lowest BCUT2D eigenvalue weighted by atomic mass is 10.1. The highest BCUT2D eigenvalue weighted by Crippen LogP contribution is 2.25. The van der Waals surface area contributed by atoms with Crippen LogP contribution in [0, 0.1) is 5.92 Å². The van der Waals surface area contributed by atoms with Gasteiger partial charge in [0.25, 0.3) is 0 Å². The first kappa shape index (κ1) is 15.3. The largest absolute Gasteiger partial charge is 0.494 e. The zero-order valence-corrected chi connectivity index (χ0v) is 12.5. The zero-order valence-electron chi connectivity index (χ0n) is 12.5. The number of nitrogens with two attached hydrogens (primary N) is 1. The topological polar surface area (TPSA) is 44.5 Å². The molecule has 0 aromatic heterocycles. The van der Waals surface area contributed by atoms with Gasteiger partial charge in [0.05, 0.1) is 19.3 Å². The minimum absolute atomic E-state index is 0.0448. The van der Waals surface area contributed by atoms with Crippen LogP contribution in [0.1, 0.15) is 50.6 Å². The fraction of sp³-hybridized carbons (Fsp3) is 0.647. The van der Waals surface area contributed by atoms with Gasteiger partial charge in [-0.25, -0.2) is 0 Å². The average Bonchev–Trinajstić information content (AvgIpc) is 2.99. The molecule has 1 aromatic carbocycles. The van der Waals surface area contributed by atoms with Gasteiger partial charge in [-0.2, -0.15) is 0 Å². The second-order valence-electron chi connectivity index (χ2n) is 5.71. The van der Waals surface area contributed by atoms with Gasteiger partial charge in [-0.05, 0) is 42.9 Å². The molecule has 1 atom stereocenters. The molecule has 0 bridgehead atoms. The highest BCUT2D eigenvalue weighted by molar-refractivity contribution is 5.29. The van der Waals surface area contributed by atoms with E-state index in [0.717, 1.165) is 36.9 Å². The monoisotopic (exact) mass is 277 g/mol. The van der Waals surface area contributed by atoms with Crippen molar-refractivity contribution in [3.8, 4) is 5.75 Å². The maximum absolute atomic E-state index is 6.16. The molecule has 0 aliphatic heterocycles. The maximum atomic E-state index is 6.16. The summed E-state index contributed by atoms with van der Waals surface area (Å²) in [7, 11) is 0. The van der Waals surface area contributed by atoms with Gasteiger partial charge in [0.1, 0.15) is 5.75 Å².